The van der Waals surface area contributed by atoms with Crippen LogP contribution in [0.2, 0.25) is 5.02 Å². The molecule has 1 N–H and O–H groups in total. The van der Waals surface area contributed by atoms with Crippen LogP contribution < -0.4 is 10.2 Å². The smallest absolute Gasteiger partial charge is 0.344 e. The molecule has 130 valence electrons. The number of anilines is 3. The first-order chi connectivity index (χ1) is 11.3. The van der Waals surface area contributed by atoms with Gasteiger partial charge < -0.3 is 10.2 Å². The van der Waals surface area contributed by atoms with Crippen molar-refractivity contribution in [2.75, 3.05) is 23.8 Å². The van der Waals surface area contributed by atoms with Crippen molar-refractivity contribution in [1.29, 1.82) is 0 Å². The summed E-state index contributed by atoms with van der Waals surface area (Å²) in [5.74, 6) is 0.876. The molecule has 1 heterocycles. The number of halogens is 4. The zero-order chi connectivity index (χ0) is 17.7. The predicted molar refractivity (Wildman–Crippen MR) is 89.9 cm³/mol. The Balaban J connectivity index is 2.22. The van der Waals surface area contributed by atoms with Crippen molar-refractivity contribution in [3.8, 4) is 0 Å². The molecule has 0 atom stereocenters. The maximum atomic E-state index is 12.8. The summed E-state index contributed by atoms with van der Waals surface area (Å²) in [5.41, 5.74) is -0.629. The Morgan fingerprint density at radius 3 is 2.67 bits per heavy atom. The molecule has 0 aliphatic heterocycles. The van der Waals surface area contributed by atoms with E-state index >= 15 is 0 Å². The molecule has 1 aromatic heterocycles. The molecule has 2 rings (SSSR count). The fourth-order valence-electron chi connectivity index (χ4n) is 2.03. The standard InChI is InChI=1S/C16H18ClF3N4/c1-3-4-9-24(2)15-21-8-7-14(23-15)22-13-10-11(16(18,19)20)5-6-12(13)17/h5-8,10H,3-4,9H2,1-2H3,(H,21,22,23). The minimum Gasteiger partial charge on any atom is -0.344 e. The lowest BCUT2D eigenvalue weighted by atomic mass is 10.2. The van der Waals surface area contributed by atoms with E-state index in [1.54, 1.807) is 12.3 Å². The third-order valence-electron chi connectivity index (χ3n) is 3.39. The van der Waals surface area contributed by atoms with Gasteiger partial charge in [0.1, 0.15) is 5.82 Å². The van der Waals surface area contributed by atoms with Gasteiger partial charge in [0.15, 0.2) is 0 Å². The lowest BCUT2D eigenvalue weighted by Crippen LogP contribution is -2.21. The fraction of sp³-hybridized carbons (Fsp3) is 0.375. The molecule has 0 saturated heterocycles. The molecule has 0 bridgehead atoms. The Bertz CT molecular complexity index is 691. The molecular formula is C16H18ClF3N4. The molecule has 24 heavy (non-hydrogen) atoms. The van der Waals surface area contributed by atoms with Gasteiger partial charge in [-0.2, -0.15) is 18.2 Å². The largest absolute Gasteiger partial charge is 0.416 e. The quantitative estimate of drug-likeness (QED) is 0.777. The molecule has 4 nitrogen and oxygen atoms in total. The first-order valence-electron chi connectivity index (χ1n) is 7.49. The van der Waals surface area contributed by atoms with Crippen molar-refractivity contribution in [2.24, 2.45) is 0 Å². The molecule has 0 aliphatic rings. The highest BCUT2D eigenvalue weighted by atomic mass is 35.5. The van der Waals surface area contributed by atoms with Crippen molar-refractivity contribution < 1.29 is 13.2 Å². The third kappa shape index (κ3) is 4.74. The second-order valence-corrected chi connectivity index (χ2v) is 5.74. The zero-order valence-electron chi connectivity index (χ0n) is 13.4. The number of rotatable bonds is 6. The van der Waals surface area contributed by atoms with Crippen LogP contribution in [0.1, 0.15) is 25.3 Å². The van der Waals surface area contributed by atoms with Crippen LogP contribution >= 0.6 is 11.6 Å². The molecule has 0 aliphatic carbocycles. The van der Waals surface area contributed by atoms with Crippen molar-refractivity contribution >= 4 is 29.1 Å². The Hall–Kier alpha value is -2.02. The van der Waals surface area contributed by atoms with E-state index in [2.05, 4.69) is 22.2 Å². The van der Waals surface area contributed by atoms with Crippen LogP contribution in [0.5, 0.6) is 0 Å². The number of aromatic nitrogens is 2. The Morgan fingerprint density at radius 2 is 2.00 bits per heavy atom. The Morgan fingerprint density at radius 1 is 1.25 bits per heavy atom. The minimum absolute atomic E-state index is 0.146. The number of hydrogen-bond acceptors (Lipinski definition) is 4. The van der Waals surface area contributed by atoms with E-state index in [0.29, 0.717) is 11.8 Å². The first kappa shape index (κ1) is 18.3. The lowest BCUT2D eigenvalue weighted by Gasteiger charge is -2.17. The van der Waals surface area contributed by atoms with Gasteiger partial charge in [0.25, 0.3) is 0 Å². The Kier molecular flexibility index (Phi) is 5.88. The average molecular weight is 359 g/mol. The number of hydrogen-bond donors (Lipinski definition) is 1. The predicted octanol–water partition coefficient (Wildman–Crippen LogP) is 5.13. The summed E-state index contributed by atoms with van der Waals surface area (Å²) >= 11 is 5.98. The average Bonchev–Trinajstić information content (AvgIpc) is 2.54. The summed E-state index contributed by atoms with van der Waals surface area (Å²) in [5, 5.41) is 3.01. The monoisotopic (exact) mass is 358 g/mol. The maximum Gasteiger partial charge on any atom is 0.416 e. The van der Waals surface area contributed by atoms with Crippen LogP contribution in [0.4, 0.5) is 30.6 Å². The summed E-state index contributed by atoms with van der Waals surface area (Å²) in [6.07, 6.45) is -0.841. The van der Waals surface area contributed by atoms with E-state index in [9.17, 15) is 13.2 Å². The van der Waals surface area contributed by atoms with Crippen LogP contribution in [-0.2, 0) is 6.18 Å². The molecule has 1 aromatic carbocycles. The van der Waals surface area contributed by atoms with Gasteiger partial charge >= 0.3 is 6.18 Å². The fourth-order valence-corrected chi connectivity index (χ4v) is 2.20. The first-order valence-corrected chi connectivity index (χ1v) is 7.87. The molecule has 0 radical (unpaired) electrons. The maximum absolute atomic E-state index is 12.8. The highest BCUT2D eigenvalue weighted by Crippen LogP contribution is 2.34. The number of benzene rings is 1. The molecule has 0 spiro atoms. The van der Waals surface area contributed by atoms with Crippen LogP contribution in [-0.4, -0.2) is 23.6 Å². The molecule has 0 amide bonds. The third-order valence-corrected chi connectivity index (χ3v) is 3.72. The summed E-state index contributed by atoms with van der Waals surface area (Å²) in [6.45, 7) is 2.88. The van der Waals surface area contributed by atoms with Gasteiger partial charge in [0, 0.05) is 19.8 Å². The van der Waals surface area contributed by atoms with Gasteiger partial charge in [-0.05, 0) is 30.7 Å². The van der Waals surface area contributed by atoms with Crippen molar-refractivity contribution in [1.82, 2.24) is 9.97 Å². The van der Waals surface area contributed by atoms with Crippen molar-refractivity contribution in [2.45, 2.75) is 25.9 Å². The molecule has 2 aromatic rings. The van der Waals surface area contributed by atoms with E-state index in [1.807, 2.05) is 11.9 Å². The van der Waals surface area contributed by atoms with E-state index in [-0.39, 0.29) is 10.7 Å². The van der Waals surface area contributed by atoms with Crippen molar-refractivity contribution in [3.05, 3.63) is 41.0 Å². The molecule has 0 fully saturated rings. The number of unbranched alkanes of at least 4 members (excludes halogenated alkanes) is 1. The normalized spacial score (nSPS) is 11.4. The molecule has 8 heteroatoms. The molecule has 0 unspecified atom stereocenters. The van der Waals surface area contributed by atoms with E-state index < -0.39 is 11.7 Å². The van der Waals surface area contributed by atoms with Crippen molar-refractivity contribution in [3.63, 3.8) is 0 Å². The van der Waals surface area contributed by atoms with Crippen LogP contribution in [0.25, 0.3) is 0 Å². The highest BCUT2D eigenvalue weighted by molar-refractivity contribution is 6.33. The van der Waals surface area contributed by atoms with E-state index in [0.717, 1.165) is 31.5 Å². The van der Waals surface area contributed by atoms with E-state index in [4.69, 9.17) is 11.6 Å². The van der Waals surface area contributed by atoms with Gasteiger partial charge in [-0.15, -0.1) is 0 Å². The molecular weight excluding hydrogens is 341 g/mol. The summed E-state index contributed by atoms with van der Waals surface area (Å²) in [6, 6.07) is 4.69. The van der Waals surface area contributed by atoms with Crippen LogP contribution in [0, 0.1) is 0 Å². The Labute approximate surface area is 143 Å². The van der Waals surface area contributed by atoms with Gasteiger partial charge in [-0.3, -0.25) is 0 Å². The van der Waals surface area contributed by atoms with Gasteiger partial charge in [-0.1, -0.05) is 24.9 Å². The molecule has 0 saturated carbocycles. The topological polar surface area (TPSA) is 41.1 Å². The highest BCUT2D eigenvalue weighted by Gasteiger charge is 2.31. The number of alkyl halides is 3. The SMILES string of the molecule is CCCCN(C)c1nccc(Nc2cc(C(F)(F)F)ccc2Cl)n1. The van der Waals surface area contributed by atoms with E-state index in [1.165, 1.54) is 6.07 Å². The summed E-state index contributed by atoms with van der Waals surface area (Å²) < 4.78 is 38.5. The lowest BCUT2D eigenvalue weighted by molar-refractivity contribution is -0.137. The van der Waals surface area contributed by atoms with Gasteiger partial charge in [0.05, 0.1) is 16.3 Å². The number of nitrogens with zero attached hydrogens (tertiary/aromatic N) is 3. The van der Waals surface area contributed by atoms with Gasteiger partial charge in [0.2, 0.25) is 5.95 Å². The van der Waals surface area contributed by atoms with Crippen LogP contribution in [0.15, 0.2) is 30.5 Å². The second-order valence-electron chi connectivity index (χ2n) is 5.33. The summed E-state index contributed by atoms with van der Waals surface area (Å²) in [7, 11) is 1.87. The second kappa shape index (κ2) is 7.70. The van der Waals surface area contributed by atoms with Crippen LogP contribution in [0.3, 0.4) is 0 Å². The minimum atomic E-state index is -4.43. The zero-order valence-corrected chi connectivity index (χ0v) is 14.1. The van der Waals surface area contributed by atoms with Gasteiger partial charge in [-0.25, -0.2) is 4.98 Å². The summed E-state index contributed by atoms with van der Waals surface area (Å²) in [4.78, 5) is 10.4. The number of nitrogens with one attached hydrogen (secondary N) is 1.